The van der Waals surface area contributed by atoms with Gasteiger partial charge in [-0.2, -0.15) is 0 Å². The molecule has 1 saturated heterocycles. The number of hydrogen-bond donors (Lipinski definition) is 0. The summed E-state index contributed by atoms with van der Waals surface area (Å²) in [6, 6.07) is 15.8. The molecule has 0 N–H and O–H groups in total. The zero-order valence-corrected chi connectivity index (χ0v) is 17.7. The third-order valence-electron chi connectivity index (χ3n) is 6.79. The number of ether oxygens (including phenoxy) is 1. The Balaban J connectivity index is 1.25. The Morgan fingerprint density at radius 3 is 1.97 bits per heavy atom. The maximum atomic E-state index is 12.9. The highest BCUT2D eigenvalue weighted by atomic mass is 16.5. The number of rotatable bonds is 4. The van der Waals surface area contributed by atoms with E-state index in [-0.39, 0.29) is 40.9 Å². The van der Waals surface area contributed by atoms with Crippen LogP contribution >= 0.6 is 0 Å². The van der Waals surface area contributed by atoms with Crippen LogP contribution in [0.1, 0.15) is 38.3 Å². The minimum Gasteiger partial charge on any atom is -0.489 e. The van der Waals surface area contributed by atoms with Gasteiger partial charge in [0, 0.05) is 0 Å². The first-order valence-electron chi connectivity index (χ1n) is 10.7. The highest BCUT2D eigenvalue weighted by Crippen LogP contribution is 2.53. The van der Waals surface area contributed by atoms with E-state index in [4.69, 9.17) is 4.74 Å². The van der Waals surface area contributed by atoms with E-state index >= 15 is 0 Å². The molecule has 0 aromatic heterocycles. The zero-order valence-electron chi connectivity index (χ0n) is 17.7. The van der Waals surface area contributed by atoms with Crippen LogP contribution in [0, 0.1) is 23.7 Å². The monoisotopic (exact) mass is 401 g/mol. The maximum absolute atomic E-state index is 12.9. The molecule has 2 aromatic carbocycles. The fraction of sp³-hybridized carbons (Fsp3) is 0.385. The molecule has 2 amide bonds. The van der Waals surface area contributed by atoms with Gasteiger partial charge in [0.15, 0.2) is 0 Å². The number of imide groups is 1. The molecule has 4 nitrogen and oxygen atoms in total. The summed E-state index contributed by atoms with van der Waals surface area (Å²) in [4.78, 5) is 27.2. The van der Waals surface area contributed by atoms with Crippen molar-refractivity contribution in [3.05, 3.63) is 71.8 Å². The van der Waals surface area contributed by atoms with Gasteiger partial charge in [-0.1, -0.05) is 57.2 Å². The molecule has 30 heavy (non-hydrogen) atoms. The molecule has 2 fully saturated rings. The lowest BCUT2D eigenvalue weighted by molar-refractivity contribution is -0.123. The Morgan fingerprint density at radius 2 is 1.43 bits per heavy atom. The second-order valence-electron chi connectivity index (χ2n) is 9.74. The predicted molar refractivity (Wildman–Crippen MR) is 116 cm³/mol. The quantitative estimate of drug-likeness (QED) is 0.542. The molecule has 154 valence electrons. The molecule has 0 unspecified atom stereocenters. The number of benzene rings is 2. The normalized spacial score (nSPS) is 27.1. The van der Waals surface area contributed by atoms with Gasteiger partial charge >= 0.3 is 0 Å². The molecular weight excluding hydrogens is 374 g/mol. The van der Waals surface area contributed by atoms with Gasteiger partial charge in [-0.25, -0.2) is 0 Å². The molecule has 2 aliphatic carbocycles. The lowest BCUT2D eigenvalue weighted by Gasteiger charge is -2.19. The van der Waals surface area contributed by atoms with Crippen molar-refractivity contribution in [2.45, 2.75) is 39.2 Å². The molecule has 1 heterocycles. The van der Waals surface area contributed by atoms with E-state index in [1.807, 2.05) is 24.3 Å². The highest BCUT2D eigenvalue weighted by Gasteiger charge is 2.59. The maximum Gasteiger partial charge on any atom is 0.238 e. The van der Waals surface area contributed by atoms with Crippen LogP contribution in [0.5, 0.6) is 5.75 Å². The third kappa shape index (κ3) is 3.06. The van der Waals surface area contributed by atoms with E-state index < -0.39 is 0 Å². The van der Waals surface area contributed by atoms with Crippen molar-refractivity contribution in [2.24, 2.45) is 23.7 Å². The summed E-state index contributed by atoms with van der Waals surface area (Å²) in [5, 5.41) is 0. The Hall–Kier alpha value is -2.88. The van der Waals surface area contributed by atoms with Gasteiger partial charge in [0.05, 0.1) is 17.5 Å². The van der Waals surface area contributed by atoms with Crippen LogP contribution in [0.15, 0.2) is 60.7 Å². The number of carbonyl (C=O) groups excluding carboxylic acids is 2. The molecule has 5 rings (SSSR count). The minimum absolute atomic E-state index is 0.0468. The van der Waals surface area contributed by atoms with E-state index in [2.05, 4.69) is 57.2 Å². The van der Waals surface area contributed by atoms with Crippen LogP contribution in [-0.2, 0) is 21.6 Å². The van der Waals surface area contributed by atoms with Crippen LogP contribution in [0.3, 0.4) is 0 Å². The van der Waals surface area contributed by atoms with Gasteiger partial charge in [0.25, 0.3) is 0 Å². The third-order valence-corrected chi connectivity index (χ3v) is 6.79. The number of carbonyl (C=O) groups is 2. The second kappa shape index (κ2) is 6.83. The Labute approximate surface area is 177 Å². The summed E-state index contributed by atoms with van der Waals surface area (Å²) >= 11 is 0. The largest absolute Gasteiger partial charge is 0.489 e. The van der Waals surface area contributed by atoms with Gasteiger partial charge in [-0.3, -0.25) is 14.5 Å². The van der Waals surface area contributed by atoms with Crippen molar-refractivity contribution >= 4 is 17.5 Å². The van der Waals surface area contributed by atoms with Crippen molar-refractivity contribution in [2.75, 3.05) is 4.90 Å². The van der Waals surface area contributed by atoms with Crippen molar-refractivity contribution in [1.82, 2.24) is 0 Å². The fourth-order valence-corrected chi connectivity index (χ4v) is 5.12. The van der Waals surface area contributed by atoms with Gasteiger partial charge in [0.2, 0.25) is 11.8 Å². The molecule has 4 atom stereocenters. The fourth-order valence-electron chi connectivity index (χ4n) is 5.12. The van der Waals surface area contributed by atoms with Crippen LogP contribution in [-0.4, -0.2) is 11.8 Å². The topological polar surface area (TPSA) is 46.6 Å². The second-order valence-corrected chi connectivity index (χ2v) is 9.74. The van der Waals surface area contributed by atoms with Gasteiger partial charge in [-0.05, 0) is 59.1 Å². The van der Waals surface area contributed by atoms with E-state index in [1.165, 1.54) is 10.5 Å². The van der Waals surface area contributed by atoms with Crippen molar-refractivity contribution in [1.29, 1.82) is 0 Å². The van der Waals surface area contributed by atoms with Gasteiger partial charge in [0.1, 0.15) is 12.4 Å². The highest BCUT2D eigenvalue weighted by molar-refractivity contribution is 6.22. The Morgan fingerprint density at radius 1 is 0.867 bits per heavy atom. The predicted octanol–water partition coefficient (Wildman–Crippen LogP) is 4.87. The first-order valence-corrected chi connectivity index (χ1v) is 10.7. The zero-order chi connectivity index (χ0) is 21.0. The standard InChI is InChI=1S/C26H27NO3/c1-26(2,3)19-8-4-16(5-9-19)15-30-21-12-10-20(11-13-21)27-24(28)22-17-6-7-18(14-17)23(22)25(27)29/h4-13,17-18,22-23H,14-15H2,1-3H3/t17-,18-,22-,23+/m0/s1. The van der Waals surface area contributed by atoms with E-state index in [9.17, 15) is 9.59 Å². The molecule has 1 saturated carbocycles. The average molecular weight is 402 g/mol. The van der Waals surface area contributed by atoms with Crippen LogP contribution in [0.4, 0.5) is 5.69 Å². The van der Waals surface area contributed by atoms with Gasteiger partial charge in [-0.15, -0.1) is 0 Å². The molecular formula is C26H27NO3. The molecule has 0 radical (unpaired) electrons. The number of hydrogen-bond acceptors (Lipinski definition) is 3. The molecule has 0 spiro atoms. The lowest BCUT2D eigenvalue weighted by Crippen LogP contribution is -2.32. The summed E-state index contributed by atoms with van der Waals surface area (Å²) < 4.78 is 5.91. The average Bonchev–Trinajstić information content (AvgIpc) is 3.40. The van der Waals surface area contributed by atoms with Crippen LogP contribution < -0.4 is 9.64 Å². The van der Waals surface area contributed by atoms with E-state index in [1.54, 1.807) is 0 Å². The summed E-state index contributed by atoms with van der Waals surface area (Å²) in [7, 11) is 0. The SMILES string of the molecule is CC(C)(C)c1ccc(COc2ccc(N3C(=O)[C@@H]4[C@H](C3=O)[C@H]3C=C[C@H]4C3)cc2)cc1. The number of nitrogens with zero attached hydrogens (tertiary/aromatic N) is 1. The summed E-state index contributed by atoms with van der Waals surface area (Å²) in [5.41, 5.74) is 3.17. The Kier molecular flexibility index (Phi) is 4.35. The van der Waals surface area contributed by atoms with Gasteiger partial charge < -0.3 is 4.74 Å². The van der Waals surface area contributed by atoms with Crippen molar-refractivity contribution < 1.29 is 14.3 Å². The smallest absolute Gasteiger partial charge is 0.238 e. The van der Waals surface area contributed by atoms with E-state index in [0.29, 0.717) is 12.3 Å². The first kappa shape index (κ1) is 19.1. The van der Waals surface area contributed by atoms with Crippen molar-refractivity contribution in [3.63, 3.8) is 0 Å². The summed E-state index contributed by atoms with van der Waals surface area (Å²) in [6.07, 6.45) is 5.18. The number of allylic oxidation sites excluding steroid dienone is 2. The Bertz CT molecular complexity index is 984. The number of amides is 2. The van der Waals surface area contributed by atoms with Crippen LogP contribution in [0.25, 0.3) is 0 Å². The minimum atomic E-state index is -0.167. The first-order chi connectivity index (χ1) is 14.3. The van der Waals surface area contributed by atoms with Crippen LogP contribution in [0.2, 0.25) is 0 Å². The van der Waals surface area contributed by atoms with E-state index in [0.717, 1.165) is 17.7 Å². The summed E-state index contributed by atoms with van der Waals surface area (Å²) in [5.74, 6) is 0.755. The number of fused-ring (bicyclic) bond motifs is 5. The molecule has 2 aromatic rings. The molecule has 4 heteroatoms. The van der Waals surface area contributed by atoms with Crippen molar-refractivity contribution in [3.8, 4) is 5.75 Å². The molecule has 2 bridgehead atoms. The molecule has 1 aliphatic heterocycles. The lowest BCUT2D eigenvalue weighted by atomic mass is 9.85. The summed E-state index contributed by atoms with van der Waals surface area (Å²) in [6.45, 7) is 7.07. The number of anilines is 1. The molecule has 3 aliphatic rings.